The zero-order valence-corrected chi connectivity index (χ0v) is 19.9. The zero-order valence-electron chi connectivity index (χ0n) is 17.5. The molecule has 2 N–H and O–H groups in total. The summed E-state index contributed by atoms with van der Waals surface area (Å²) >= 11 is 0. The number of halogens is 1. The summed E-state index contributed by atoms with van der Waals surface area (Å²) in [6, 6.07) is 2.05. The van der Waals surface area contributed by atoms with Crippen LogP contribution in [0, 0.1) is 0 Å². The van der Waals surface area contributed by atoms with E-state index in [0.717, 1.165) is 24.5 Å². The average molecular weight is 493 g/mol. The van der Waals surface area contributed by atoms with Crippen LogP contribution in [0.5, 0.6) is 0 Å². The van der Waals surface area contributed by atoms with Crippen LogP contribution < -0.4 is 10.6 Å². The maximum Gasteiger partial charge on any atom is 0.410 e. The van der Waals surface area contributed by atoms with Gasteiger partial charge in [-0.2, -0.15) is 0 Å². The number of rotatable bonds is 8. The summed E-state index contributed by atoms with van der Waals surface area (Å²) < 4.78 is 7.48. The third-order valence-corrected chi connectivity index (χ3v) is 3.48. The number of nitrogens with zero attached hydrogens (tertiary/aromatic N) is 3. The van der Waals surface area contributed by atoms with Crippen molar-refractivity contribution >= 4 is 36.0 Å². The third kappa shape index (κ3) is 11.1. The molecule has 0 aliphatic rings. The van der Waals surface area contributed by atoms with Gasteiger partial charge in [0.15, 0.2) is 5.96 Å². The Hall–Kier alpha value is -1.45. The summed E-state index contributed by atoms with van der Waals surface area (Å²) in [6.45, 7) is 13.0. The first kappa shape index (κ1) is 25.6. The van der Waals surface area contributed by atoms with Crippen LogP contribution in [-0.4, -0.2) is 53.3 Å². The Labute approximate surface area is 180 Å². The molecule has 1 rings (SSSR count). The number of hydrogen-bond donors (Lipinski definition) is 2. The number of aliphatic imine (C=N–C) groups is 1. The minimum Gasteiger partial charge on any atom is -0.444 e. The Morgan fingerprint density at radius 2 is 1.96 bits per heavy atom. The third-order valence-electron chi connectivity index (χ3n) is 3.48. The molecule has 1 heterocycles. The van der Waals surface area contributed by atoms with Crippen LogP contribution in [0.2, 0.25) is 0 Å². The summed E-state index contributed by atoms with van der Waals surface area (Å²) in [5, 5.41) is 6.52. The van der Waals surface area contributed by atoms with Crippen LogP contribution in [0.15, 0.2) is 23.5 Å². The normalized spacial score (nSPS) is 11.6. The quantitative estimate of drug-likeness (QED) is 0.331. The van der Waals surface area contributed by atoms with E-state index in [0.29, 0.717) is 26.2 Å². The average Bonchev–Trinajstić information content (AvgIpc) is 2.95. The first-order chi connectivity index (χ1) is 12.2. The SMILES string of the molecule is CCCN(CCNC(=NCc1ccn(C)c1)NCC)C(=O)OC(C)(C)C.I. The van der Waals surface area contributed by atoms with E-state index in [1.807, 2.05) is 45.5 Å². The van der Waals surface area contributed by atoms with Gasteiger partial charge in [0.25, 0.3) is 0 Å². The molecule has 0 aliphatic carbocycles. The Morgan fingerprint density at radius 1 is 1.26 bits per heavy atom. The maximum atomic E-state index is 12.3. The molecular formula is C19H36IN5O2. The summed E-state index contributed by atoms with van der Waals surface area (Å²) in [5.41, 5.74) is 0.675. The number of nitrogens with one attached hydrogen (secondary N) is 2. The van der Waals surface area contributed by atoms with E-state index in [-0.39, 0.29) is 30.1 Å². The van der Waals surface area contributed by atoms with E-state index in [1.54, 1.807) is 4.90 Å². The highest BCUT2D eigenvalue weighted by Crippen LogP contribution is 2.10. The summed E-state index contributed by atoms with van der Waals surface area (Å²) in [5.74, 6) is 0.747. The fourth-order valence-electron chi connectivity index (χ4n) is 2.37. The molecule has 0 bridgehead atoms. The van der Waals surface area contributed by atoms with Gasteiger partial charge < -0.3 is 24.8 Å². The van der Waals surface area contributed by atoms with E-state index in [2.05, 4.69) is 34.8 Å². The van der Waals surface area contributed by atoms with Crippen molar-refractivity contribution in [3.63, 3.8) is 0 Å². The molecule has 1 amide bonds. The monoisotopic (exact) mass is 493 g/mol. The fraction of sp³-hybridized carbons (Fsp3) is 0.684. The highest BCUT2D eigenvalue weighted by Gasteiger charge is 2.21. The molecule has 0 aromatic carbocycles. The standard InChI is InChI=1S/C19H35N5O2.HI/c1-7-11-24(18(25)26-19(3,4)5)13-10-21-17(20-8-2)22-14-16-9-12-23(6)15-16;/h9,12,15H,7-8,10-11,13-14H2,1-6H3,(H2,20,21,22);1H. The molecule has 0 unspecified atom stereocenters. The molecule has 0 radical (unpaired) electrons. The molecule has 0 fully saturated rings. The lowest BCUT2D eigenvalue weighted by atomic mass is 10.2. The number of aromatic nitrogens is 1. The first-order valence-electron chi connectivity index (χ1n) is 9.36. The van der Waals surface area contributed by atoms with Crippen molar-refractivity contribution in [1.29, 1.82) is 0 Å². The van der Waals surface area contributed by atoms with Crippen molar-refractivity contribution in [2.24, 2.45) is 12.0 Å². The molecule has 27 heavy (non-hydrogen) atoms. The van der Waals surface area contributed by atoms with Crippen molar-refractivity contribution in [3.05, 3.63) is 24.0 Å². The fourth-order valence-corrected chi connectivity index (χ4v) is 2.37. The lowest BCUT2D eigenvalue weighted by molar-refractivity contribution is 0.0253. The molecule has 1 aromatic rings. The predicted molar refractivity (Wildman–Crippen MR) is 122 cm³/mol. The number of carbonyl (C=O) groups excluding carboxylic acids is 1. The van der Waals surface area contributed by atoms with E-state index < -0.39 is 5.60 Å². The van der Waals surface area contributed by atoms with Gasteiger partial charge in [0, 0.05) is 45.6 Å². The Balaban J connectivity index is 0.00000676. The smallest absolute Gasteiger partial charge is 0.410 e. The second-order valence-corrected chi connectivity index (χ2v) is 7.27. The Kier molecular flexibility index (Phi) is 12.2. The number of ether oxygens (including phenoxy) is 1. The first-order valence-corrected chi connectivity index (χ1v) is 9.36. The largest absolute Gasteiger partial charge is 0.444 e. The molecule has 1 aromatic heterocycles. The minimum absolute atomic E-state index is 0. The van der Waals surface area contributed by atoms with Gasteiger partial charge in [-0.3, -0.25) is 0 Å². The topological polar surface area (TPSA) is 70.9 Å². The molecule has 0 saturated carbocycles. The van der Waals surface area contributed by atoms with Gasteiger partial charge in [0.05, 0.1) is 6.54 Å². The van der Waals surface area contributed by atoms with E-state index in [4.69, 9.17) is 4.74 Å². The van der Waals surface area contributed by atoms with Gasteiger partial charge in [-0.25, -0.2) is 9.79 Å². The maximum absolute atomic E-state index is 12.3. The number of hydrogen-bond acceptors (Lipinski definition) is 3. The van der Waals surface area contributed by atoms with Gasteiger partial charge in [-0.15, -0.1) is 24.0 Å². The molecule has 7 nitrogen and oxygen atoms in total. The number of aryl methyl sites for hydroxylation is 1. The Morgan fingerprint density at radius 3 is 2.48 bits per heavy atom. The molecule has 8 heteroatoms. The number of guanidine groups is 1. The van der Waals surface area contributed by atoms with E-state index in [9.17, 15) is 4.79 Å². The lowest BCUT2D eigenvalue weighted by Crippen LogP contribution is -2.44. The van der Waals surface area contributed by atoms with Crippen molar-refractivity contribution in [3.8, 4) is 0 Å². The molecule has 0 atom stereocenters. The number of carbonyl (C=O) groups is 1. The van der Waals surface area contributed by atoms with Crippen LogP contribution >= 0.6 is 24.0 Å². The summed E-state index contributed by atoms with van der Waals surface area (Å²) in [6.07, 6.45) is 4.68. The zero-order chi connectivity index (χ0) is 19.6. The molecule has 0 saturated heterocycles. The summed E-state index contributed by atoms with van der Waals surface area (Å²) in [7, 11) is 2.00. The van der Waals surface area contributed by atoms with Crippen molar-refractivity contribution in [1.82, 2.24) is 20.1 Å². The van der Waals surface area contributed by atoms with Crippen molar-refractivity contribution in [2.45, 2.75) is 53.2 Å². The molecule has 156 valence electrons. The van der Waals surface area contributed by atoms with Crippen LogP contribution in [0.25, 0.3) is 0 Å². The van der Waals surface area contributed by atoms with Crippen LogP contribution in [0.3, 0.4) is 0 Å². The minimum atomic E-state index is -0.484. The van der Waals surface area contributed by atoms with Crippen LogP contribution in [0.4, 0.5) is 4.79 Å². The second-order valence-electron chi connectivity index (χ2n) is 7.27. The van der Waals surface area contributed by atoms with Gasteiger partial charge in [0.2, 0.25) is 0 Å². The summed E-state index contributed by atoms with van der Waals surface area (Å²) in [4.78, 5) is 18.6. The Bertz CT molecular complexity index is 581. The van der Waals surface area contributed by atoms with Gasteiger partial charge in [-0.1, -0.05) is 6.92 Å². The number of amides is 1. The highest BCUT2D eigenvalue weighted by molar-refractivity contribution is 14.0. The van der Waals surface area contributed by atoms with Gasteiger partial charge >= 0.3 is 6.09 Å². The molecule has 0 aliphatic heterocycles. The lowest BCUT2D eigenvalue weighted by Gasteiger charge is -2.27. The van der Waals surface area contributed by atoms with E-state index >= 15 is 0 Å². The van der Waals surface area contributed by atoms with Crippen molar-refractivity contribution in [2.75, 3.05) is 26.2 Å². The molecular weight excluding hydrogens is 457 g/mol. The van der Waals surface area contributed by atoms with Crippen molar-refractivity contribution < 1.29 is 9.53 Å². The van der Waals surface area contributed by atoms with Crippen LogP contribution in [0.1, 0.15) is 46.6 Å². The van der Waals surface area contributed by atoms with Crippen LogP contribution in [-0.2, 0) is 18.3 Å². The van der Waals surface area contributed by atoms with Gasteiger partial charge in [0.1, 0.15) is 5.60 Å². The molecule has 0 spiro atoms. The second kappa shape index (κ2) is 12.9. The highest BCUT2D eigenvalue weighted by atomic mass is 127. The predicted octanol–water partition coefficient (Wildman–Crippen LogP) is 3.35. The van der Waals surface area contributed by atoms with E-state index in [1.165, 1.54) is 0 Å². The van der Waals surface area contributed by atoms with Gasteiger partial charge in [-0.05, 0) is 45.7 Å².